The SMILES string of the molecule is CC(C)(C)OC(=O)CC1CCN(c2ncc(N)cc2F)CC1. The van der Waals surface area contributed by atoms with Gasteiger partial charge in [0.2, 0.25) is 0 Å². The maximum Gasteiger partial charge on any atom is 0.306 e. The number of ether oxygens (including phenoxy) is 1. The molecule has 2 N–H and O–H groups in total. The van der Waals surface area contributed by atoms with Crippen molar-refractivity contribution in [2.24, 2.45) is 5.92 Å². The minimum absolute atomic E-state index is 0.164. The van der Waals surface area contributed by atoms with Gasteiger partial charge in [-0.05, 0) is 39.5 Å². The fraction of sp³-hybridized carbons (Fsp3) is 0.625. The normalized spacial score (nSPS) is 16.6. The second kappa shape index (κ2) is 6.50. The van der Waals surface area contributed by atoms with E-state index in [1.165, 1.54) is 12.3 Å². The van der Waals surface area contributed by atoms with Crippen molar-refractivity contribution in [1.82, 2.24) is 4.98 Å². The number of nitrogens with zero attached hydrogens (tertiary/aromatic N) is 2. The number of rotatable bonds is 3. The summed E-state index contributed by atoms with van der Waals surface area (Å²) in [7, 11) is 0. The topological polar surface area (TPSA) is 68.5 Å². The molecule has 0 bridgehead atoms. The number of anilines is 2. The van der Waals surface area contributed by atoms with Gasteiger partial charge in [-0.2, -0.15) is 0 Å². The van der Waals surface area contributed by atoms with Crippen molar-refractivity contribution in [3.8, 4) is 0 Å². The summed E-state index contributed by atoms with van der Waals surface area (Å²) < 4.78 is 19.2. The van der Waals surface area contributed by atoms with E-state index in [-0.39, 0.29) is 11.9 Å². The van der Waals surface area contributed by atoms with E-state index < -0.39 is 11.4 Å². The molecule has 6 heteroatoms. The van der Waals surface area contributed by atoms with E-state index in [1.807, 2.05) is 25.7 Å². The van der Waals surface area contributed by atoms with Crippen LogP contribution in [-0.2, 0) is 9.53 Å². The average molecular weight is 309 g/mol. The number of hydrogen-bond donors (Lipinski definition) is 1. The number of carbonyl (C=O) groups excluding carboxylic acids is 1. The van der Waals surface area contributed by atoms with E-state index in [4.69, 9.17) is 10.5 Å². The van der Waals surface area contributed by atoms with Crippen LogP contribution >= 0.6 is 0 Å². The van der Waals surface area contributed by atoms with Crippen LogP contribution in [0.1, 0.15) is 40.0 Å². The van der Waals surface area contributed by atoms with Crippen LogP contribution in [-0.4, -0.2) is 29.6 Å². The van der Waals surface area contributed by atoms with Gasteiger partial charge in [-0.25, -0.2) is 9.37 Å². The second-order valence-corrected chi connectivity index (χ2v) is 6.80. The lowest BCUT2D eigenvalue weighted by atomic mass is 9.93. The molecule has 122 valence electrons. The van der Waals surface area contributed by atoms with Crippen LogP contribution < -0.4 is 10.6 Å². The molecule has 2 rings (SSSR count). The summed E-state index contributed by atoms with van der Waals surface area (Å²) in [5.41, 5.74) is 5.38. The first-order valence-corrected chi connectivity index (χ1v) is 7.62. The lowest BCUT2D eigenvalue weighted by molar-refractivity contribution is -0.156. The molecular formula is C16H24FN3O2. The number of nitrogen functional groups attached to an aromatic ring is 1. The molecule has 2 heterocycles. The number of carbonyl (C=O) groups is 1. The van der Waals surface area contributed by atoms with Crippen LogP contribution in [0, 0.1) is 11.7 Å². The highest BCUT2D eigenvalue weighted by Gasteiger charge is 2.26. The summed E-state index contributed by atoms with van der Waals surface area (Å²) in [5, 5.41) is 0. The smallest absolute Gasteiger partial charge is 0.306 e. The van der Waals surface area contributed by atoms with Crippen molar-refractivity contribution in [1.29, 1.82) is 0 Å². The van der Waals surface area contributed by atoms with Gasteiger partial charge in [0, 0.05) is 25.6 Å². The van der Waals surface area contributed by atoms with Crippen LogP contribution in [0.3, 0.4) is 0 Å². The van der Waals surface area contributed by atoms with Crippen molar-refractivity contribution in [3.05, 3.63) is 18.1 Å². The summed E-state index contributed by atoms with van der Waals surface area (Å²) in [6.45, 7) is 6.96. The van der Waals surface area contributed by atoms with E-state index in [9.17, 15) is 9.18 Å². The quantitative estimate of drug-likeness (QED) is 0.870. The Morgan fingerprint density at radius 1 is 1.45 bits per heavy atom. The summed E-state index contributed by atoms with van der Waals surface area (Å²) in [6.07, 6.45) is 3.53. The molecule has 0 amide bonds. The Morgan fingerprint density at radius 3 is 2.64 bits per heavy atom. The Hall–Kier alpha value is -1.85. The monoisotopic (exact) mass is 309 g/mol. The van der Waals surface area contributed by atoms with Gasteiger partial charge < -0.3 is 15.4 Å². The molecule has 0 aliphatic carbocycles. The van der Waals surface area contributed by atoms with Crippen LogP contribution in [0.5, 0.6) is 0 Å². The van der Waals surface area contributed by atoms with Crippen LogP contribution in [0.25, 0.3) is 0 Å². The molecule has 0 atom stereocenters. The minimum atomic E-state index is -0.450. The fourth-order valence-corrected chi connectivity index (χ4v) is 2.65. The van der Waals surface area contributed by atoms with E-state index >= 15 is 0 Å². The Balaban J connectivity index is 1.86. The number of halogens is 1. The maximum atomic E-state index is 13.9. The number of pyridine rings is 1. The predicted octanol–water partition coefficient (Wildman–Crippen LogP) is 2.75. The lowest BCUT2D eigenvalue weighted by Gasteiger charge is -2.33. The van der Waals surface area contributed by atoms with Crippen LogP contribution in [0.2, 0.25) is 0 Å². The molecule has 1 fully saturated rings. The largest absolute Gasteiger partial charge is 0.460 e. The molecule has 1 aliphatic heterocycles. The maximum absolute atomic E-state index is 13.9. The van der Waals surface area contributed by atoms with E-state index in [2.05, 4.69) is 4.98 Å². The van der Waals surface area contributed by atoms with Gasteiger partial charge in [-0.3, -0.25) is 4.79 Å². The first-order valence-electron chi connectivity index (χ1n) is 7.62. The molecule has 0 spiro atoms. The molecule has 1 aromatic rings. The van der Waals surface area contributed by atoms with Gasteiger partial charge in [0.25, 0.3) is 0 Å². The zero-order chi connectivity index (χ0) is 16.3. The van der Waals surface area contributed by atoms with Gasteiger partial charge in [0.1, 0.15) is 5.60 Å². The van der Waals surface area contributed by atoms with Gasteiger partial charge in [0.05, 0.1) is 11.9 Å². The molecule has 22 heavy (non-hydrogen) atoms. The summed E-state index contributed by atoms with van der Waals surface area (Å²) >= 11 is 0. The number of aromatic nitrogens is 1. The van der Waals surface area contributed by atoms with Crippen molar-refractivity contribution in [3.63, 3.8) is 0 Å². The molecule has 5 nitrogen and oxygen atoms in total. The molecule has 0 aromatic carbocycles. The Bertz CT molecular complexity index is 535. The third-order valence-corrected chi connectivity index (χ3v) is 3.63. The third-order valence-electron chi connectivity index (χ3n) is 3.63. The highest BCUT2D eigenvalue weighted by Crippen LogP contribution is 2.27. The average Bonchev–Trinajstić information content (AvgIpc) is 2.38. The molecule has 1 aliphatic rings. The van der Waals surface area contributed by atoms with E-state index in [0.29, 0.717) is 31.0 Å². The Labute approximate surface area is 130 Å². The molecule has 1 aromatic heterocycles. The molecule has 0 saturated carbocycles. The molecule has 1 saturated heterocycles. The standard InChI is InChI=1S/C16H24FN3O2/c1-16(2,3)22-14(21)8-11-4-6-20(7-5-11)15-13(17)9-12(18)10-19-15/h9-11H,4-8,18H2,1-3H3. The van der Waals surface area contributed by atoms with Crippen molar-refractivity contribution < 1.29 is 13.9 Å². The summed E-state index contributed by atoms with van der Waals surface area (Å²) in [5.74, 6) is 0.0567. The number of nitrogens with two attached hydrogens (primary N) is 1. The first kappa shape index (κ1) is 16.5. The van der Waals surface area contributed by atoms with Gasteiger partial charge in [-0.15, -0.1) is 0 Å². The Kier molecular flexibility index (Phi) is 4.88. The van der Waals surface area contributed by atoms with E-state index in [1.54, 1.807) is 0 Å². The van der Waals surface area contributed by atoms with E-state index in [0.717, 1.165) is 12.8 Å². The predicted molar refractivity (Wildman–Crippen MR) is 84.0 cm³/mol. The van der Waals surface area contributed by atoms with Gasteiger partial charge >= 0.3 is 5.97 Å². The van der Waals surface area contributed by atoms with Gasteiger partial charge in [0.15, 0.2) is 11.6 Å². The third kappa shape index (κ3) is 4.58. The highest BCUT2D eigenvalue weighted by molar-refractivity contribution is 5.70. The van der Waals surface area contributed by atoms with Crippen molar-refractivity contribution >= 4 is 17.5 Å². The van der Waals surface area contributed by atoms with Crippen LogP contribution in [0.15, 0.2) is 12.3 Å². The highest BCUT2D eigenvalue weighted by atomic mass is 19.1. The lowest BCUT2D eigenvalue weighted by Crippen LogP contribution is -2.36. The van der Waals surface area contributed by atoms with Gasteiger partial charge in [-0.1, -0.05) is 0 Å². The second-order valence-electron chi connectivity index (χ2n) is 6.80. The summed E-state index contributed by atoms with van der Waals surface area (Å²) in [4.78, 5) is 17.8. The van der Waals surface area contributed by atoms with Crippen LogP contribution in [0.4, 0.5) is 15.9 Å². The zero-order valence-electron chi connectivity index (χ0n) is 13.4. The number of piperidine rings is 1. The fourth-order valence-electron chi connectivity index (χ4n) is 2.65. The molecular weight excluding hydrogens is 285 g/mol. The minimum Gasteiger partial charge on any atom is -0.460 e. The summed E-state index contributed by atoms with van der Waals surface area (Å²) in [6, 6.07) is 1.29. The number of esters is 1. The van der Waals surface area contributed by atoms with Crippen molar-refractivity contribution in [2.75, 3.05) is 23.7 Å². The molecule has 0 unspecified atom stereocenters. The first-order chi connectivity index (χ1) is 10.2. The zero-order valence-corrected chi connectivity index (χ0v) is 13.4. The molecule has 0 radical (unpaired) electrons. The van der Waals surface area contributed by atoms with Crippen molar-refractivity contribution in [2.45, 2.75) is 45.6 Å². The number of hydrogen-bond acceptors (Lipinski definition) is 5. The Morgan fingerprint density at radius 2 is 2.09 bits per heavy atom.